The van der Waals surface area contributed by atoms with Crippen LogP contribution in [-0.4, -0.2) is 0 Å². The van der Waals surface area contributed by atoms with E-state index in [0.29, 0.717) is 0 Å². The molecule has 9 nitrogen and oxygen atoms in total. The molecule has 0 amide bonds. The van der Waals surface area contributed by atoms with Gasteiger partial charge in [-0.15, -0.1) is 0 Å². The van der Waals surface area contributed by atoms with E-state index in [1.54, 1.807) is 36.4 Å². The first-order valence-corrected chi connectivity index (χ1v) is 8.13. The Morgan fingerprint density at radius 2 is 0.903 bits per heavy atom. The van der Waals surface area contributed by atoms with Gasteiger partial charge in [-0.25, -0.2) is 0 Å². The van der Waals surface area contributed by atoms with Crippen LogP contribution in [0.25, 0.3) is 16.3 Å². The molecule has 3 rings (SSSR count). The highest BCUT2D eigenvalue weighted by Gasteiger charge is 2.40. The van der Waals surface area contributed by atoms with Crippen LogP contribution in [0.3, 0.4) is 0 Å². The third-order valence-corrected chi connectivity index (χ3v) is 4.92. The normalized spacial score (nSPS) is 13.1. The lowest BCUT2D eigenvalue weighted by Crippen LogP contribution is -2.07. The van der Waals surface area contributed by atoms with Crippen LogP contribution in [0.1, 0.15) is 50.4 Å². The number of allylic oxidation sites excluding steroid dienone is 2. The van der Waals surface area contributed by atoms with E-state index in [9.17, 15) is 47.4 Å². The Bertz CT molecular complexity index is 1670. The molecule has 0 heterocycles. The molecule has 1 atom stereocenters. The molecule has 0 radical (unpaired) electrons. The highest BCUT2D eigenvalue weighted by molar-refractivity contribution is 6.09. The molecular formula is C22HN9. The van der Waals surface area contributed by atoms with Crippen molar-refractivity contribution in [1.82, 2.24) is 0 Å². The van der Waals surface area contributed by atoms with Crippen LogP contribution < -0.4 is 0 Å². The molecule has 0 N–H and O–H groups in total. The average molecular weight is 391 g/mol. The van der Waals surface area contributed by atoms with Gasteiger partial charge in [0, 0.05) is 21.9 Å². The van der Waals surface area contributed by atoms with Crippen LogP contribution in [0.15, 0.2) is 5.57 Å². The van der Waals surface area contributed by atoms with E-state index in [1.165, 1.54) is 0 Å². The molecule has 0 aliphatic heterocycles. The molecule has 0 saturated carbocycles. The zero-order valence-corrected chi connectivity index (χ0v) is 15.1. The highest BCUT2D eigenvalue weighted by atomic mass is 14.5. The molecule has 9 heteroatoms. The minimum absolute atomic E-state index is 0.115. The fourth-order valence-corrected chi connectivity index (χ4v) is 3.78. The Balaban J connectivity index is 2.94. The number of rotatable bonds is 0. The second-order valence-corrected chi connectivity index (χ2v) is 6.03. The van der Waals surface area contributed by atoms with Gasteiger partial charge in [-0.2, -0.15) is 47.4 Å². The van der Waals surface area contributed by atoms with Crippen molar-refractivity contribution in [2.24, 2.45) is 0 Å². The smallest absolute Gasteiger partial charge is 0.109 e. The quantitative estimate of drug-likeness (QED) is 0.643. The standard InChI is InChI=1S/C22HN9/c23-1-10-11(2-24)14(5-27)20-18(9-31)22-16(7-29)12(3-25)15(6-28)21(22)17(8-30)19(20)13(10)4-26/h15H/t15-/m1/s1. The topological polar surface area (TPSA) is 214 Å². The summed E-state index contributed by atoms with van der Waals surface area (Å²) in [4.78, 5) is 0. The minimum atomic E-state index is -1.36. The van der Waals surface area contributed by atoms with Gasteiger partial charge in [-0.1, -0.05) is 0 Å². The lowest BCUT2D eigenvalue weighted by Gasteiger charge is -2.16. The molecule has 0 aromatic heterocycles. The second kappa shape index (κ2) is 7.11. The molecule has 0 bridgehead atoms. The summed E-state index contributed by atoms with van der Waals surface area (Å²) in [6.07, 6.45) is 0. The Morgan fingerprint density at radius 3 is 1.26 bits per heavy atom. The SMILES string of the molecule is N#CC1=C(C#N)[C@@H](C#N)c2c1c(C#N)c1c(C#N)c(C#N)c(C#N)c(C#N)c1c2C#N. The fraction of sp³-hybridized carbons (Fsp3) is 0.0455. The molecular weight excluding hydrogens is 390 g/mol. The van der Waals surface area contributed by atoms with Gasteiger partial charge in [0.25, 0.3) is 0 Å². The molecule has 31 heavy (non-hydrogen) atoms. The lowest BCUT2D eigenvalue weighted by molar-refractivity contribution is 1.07. The van der Waals surface area contributed by atoms with Crippen LogP contribution in [0, 0.1) is 102 Å². The van der Waals surface area contributed by atoms with Gasteiger partial charge in [-0.3, -0.25) is 0 Å². The summed E-state index contributed by atoms with van der Waals surface area (Å²) in [6.45, 7) is 0. The van der Waals surface area contributed by atoms with Crippen LogP contribution >= 0.6 is 0 Å². The van der Waals surface area contributed by atoms with Crippen molar-refractivity contribution in [1.29, 1.82) is 47.4 Å². The van der Waals surface area contributed by atoms with Crippen molar-refractivity contribution < 1.29 is 0 Å². The summed E-state index contributed by atoms with van der Waals surface area (Å²) < 4.78 is 0. The maximum atomic E-state index is 9.90. The Morgan fingerprint density at radius 1 is 0.452 bits per heavy atom. The van der Waals surface area contributed by atoms with Crippen LogP contribution in [0.4, 0.5) is 0 Å². The van der Waals surface area contributed by atoms with E-state index in [0.717, 1.165) is 0 Å². The number of nitriles is 9. The summed E-state index contributed by atoms with van der Waals surface area (Å²) in [5.41, 5.74) is -3.23. The maximum absolute atomic E-state index is 9.90. The van der Waals surface area contributed by atoms with Gasteiger partial charge in [0.15, 0.2) is 0 Å². The Labute approximate surface area is 174 Å². The average Bonchev–Trinajstić information content (AvgIpc) is 3.13. The van der Waals surface area contributed by atoms with Gasteiger partial charge in [0.1, 0.15) is 48.4 Å². The summed E-state index contributed by atoms with van der Waals surface area (Å²) in [5, 5.41) is 86.6. The van der Waals surface area contributed by atoms with Crippen molar-refractivity contribution in [3.8, 4) is 54.6 Å². The lowest BCUT2D eigenvalue weighted by atomic mass is 9.80. The van der Waals surface area contributed by atoms with E-state index in [-0.39, 0.29) is 44.2 Å². The zero-order valence-electron chi connectivity index (χ0n) is 15.1. The Kier molecular flexibility index (Phi) is 4.50. The van der Waals surface area contributed by atoms with Gasteiger partial charge < -0.3 is 0 Å². The molecule has 0 saturated heterocycles. The molecule has 0 spiro atoms. The summed E-state index contributed by atoms with van der Waals surface area (Å²) in [5.74, 6) is -1.36. The second-order valence-electron chi connectivity index (χ2n) is 6.03. The van der Waals surface area contributed by atoms with E-state index in [1.807, 2.05) is 18.2 Å². The predicted molar refractivity (Wildman–Crippen MR) is 98.7 cm³/mol. The first-order chi connectivity index (χ1) is 15.0. The number of hydrogen-bond donors (Lipinski definition) is 0. The van der Waals surface area contributed by atoms with E-state index in [2.05, 4.69) is 0 Å². The molecule has 134 valence electrons. The Hall–Kier alpha value is -6.15. The monoisotopic (exact) mass is 391 g/mol. The van der Waals surface area contributed by atoms with Gasteiger partial charge in [-0.05, 0) is 0 Å². The van der Waals surface area contributed by atoms with Gasteiger partial charge in [0.2, 0.25) is 0 Å². The van der Waals surface area contributed by atoms with Crippen LogP contribution in [-0.2, 0) is 0 Å². The third kappa shape index (κ3) is 2.21. The minimum Gasteiger partial charge on any atom is -0.197 e. The van der Waals surface area contributed by atoms with Gasteiger partial charge >= 0.3 is 0 Å². The predicted octanol–water partition coefficient (Wildman–Crippen LogP) is 2.49. The fourth-order valence-electron chi connectivity index (χ4n) is 3.78. The van der Waals surface area contributed by atoms with E-state index >= 15 is 0 Å². The van der Waals surface area contributed by atoms with E-state index < -0.39 is 28.2 Å². The number of nitrogens with zero attached hydrogens (tertiary/aromatic N) is 9. The van der Waals surface area contributed by atoms with Crippen molar-refractivity contribution in [3.63, 3.8) is 0 Å². The van der Waals surface area contributed by atoms with Crippen molar-refractivity contribution >= 4 is 16.3 Å². The molecule has 1 aliphatic rings. The molecule has 0 unspecified atom stereocenters. The maximum Gasteiger partial charge on any atom is 0.109 e. The van der Waals surface area contributed by atoms with Gasteiger partial charge in [0.05, 0.1) is 56.7 Å². The number of hydrogen-bond acceptors (Lipinski definition) is 9. The van der Waals surface area contributed by atoms with Crippen molar-refractivity contribution in [3.05, 3.63) is 50.1 Å². The first kappa shape index (κ1) is 19.6. The van der Waals surface area contributed by atoms with Crippen molar-refractivity contribution in [2.45, 2.75) is 5.92 Å². The van der Waals surface area contributed by atoms with Crippen LogP contribution in [0.2, 0.25) is 0 Å². The number of fused-ring (bicyclic) bond motifs is 2. The summed E-state index contributed by atoms with van der Waals surface area (Å²) >= 11 is 0. The molecule has 2 aromatic carbocycles. The summed E-state index contributed by atoms with van der Waals surface area (Å²) in [6, 6.07) is 15.9. The number of benzene rings is 2. The molecule has 1 aliphatic carbocycles. The summed E-state index contributed by atoms with van der Waals surface area (Å²) in [7, 11) is 0. The first-order valence-electron chi connectivity index (χ1n) is 8.13. The highest BCUT2D eigenvalue weighted by Crippen LogP contribution is 2.49. The largest absolute Gasteiger partial charge is 0.197 e. The van der Waals surface area contributed by atoms with Crippen molar-refractivity contribution in [2.75, 3.05) is 0 Å². The molecule has 0 fully saturated rings. The third-order valence-electron chi connectivity index (χ3n) is 4.92. The zero-order chi connectivity index (χ0) is 22.9. The molecule has 2 aromatic rings. The van der Waals surface area contributed by atoms with Crippen LogP contribution in [0.5, 0.6) is 0 Å². The van der Waals surface area contributed by atoms with E-state index in [4.69, 9.17) is 0 Å².